The number of benzene rings is 2. The van der Waals surface area contributed by atoms with Gasteiger partial charge >= 0.3 is 11.9 Å². The molecule has 0 saturated heterocycles. The zero-order valence-electron chi connectivity index (χ0n) is 17.2. The largest absolute Gasteiger partial charge is 0.473 e. The van der Waals surface area contributed by atoms with E-state index in [0.717, 1.165) is 18.8 Å². The predicted molar refractivity (Wildman–Crippen MR) is 117 cm³/mol. The molecule has 2 aromatic carbocycles. The molecule has 164 valence electrons. The van der Waals surface area contributed by atoms with Crippen molar-refractivity contribution >= 4 is 35.3 Å². The Morgan fingerprint density at radius 1 is 0.833 bits per heavy atom. The highest BCUT2D eigenvalue weighted by molar-refractivity contribution is 7.99. The Morgan fingerprint density at radius 3 is 1.73 bits per heavy atom. The van der Waals surface area contributed by atoms with Gasteiger partial charge < -0.3 is 20.6 Å². The number of hydrogen-bond acceptors (Lipinski definition) is 5. The molecule has 9 heteroatoms. The SMILES string of the molecule is CCN(CC)CC(=O)N(C)c1ccc(Sc2ccccc2)cc1.O.O=C(O)C(=O)O. The normalized spacial score (nSPS) is 9.73. The smallest absolute Gasteiger partial charge is 0.414 e. The highest BCUT2D eigenvalue weighted by atomic mass is 32.2. The number of anilines is 1. The van der Waals surface area contributed by atoms with Crippen LogP contribution in [0.3, 0.4) is 0 Å². The van der Waals surface area contributed by atoms with Gasteiger partial charge in [-0.2, -0.15) is 0 Å². The first-order chi connectivity index (χ1) is 13.8. The minimum Gasteiger partial charge on any atom is -0.473 e. The van der Waals surface area contributed by atoms with Crippen LogP contribution in [0.25, 0.3) is 0 Å². The van der Waals surface area contributed by atoms with Gasteiger partial charge in [0, 0.05) is 22.5 Å². The van der Waals surface area contributed by atoms with Crippen LogP contribution in [-0.2, 0) is 14.4 Å². The number of rotatable bonds is 7. The van der Waals surface area contributed by atoms with E-state index in [1.54, 1.807) is 16.7 Å². The fourth-order valence-electron chi connectivity index (χ4n) is 2.25. The zero-order valence-corrected chi connectivity index (χ0v) is 18.1. The molecular formula is C21H28N2O6S. The van der Waals surface area contributed by atoms with Crippen molar-refractivity contribution in [2.45, 2.75) is 23.6 Å². The van der Waals surface area contributed by atoms with E-state index in [2.05, 4.69) is 43.0 Å². The number of aliphatic carboxylic acids is 2. The second kappa shape index (κ2) is 14.2. The summed E-state index contributed by atoms with van der Waals surface area (Å²) >= 11 is 1.72. The predicted octanol–water partition coefficient (Wildman–Crippen LogP) is 2.47. The summed E-state index contributed by atoms with van der Waals surface area (Å²) in [5.41, 5.74) is 0.930. The monoisotopic (exact) mass is 436 g/mol. The van der Waals surface area contributed by atoms with Crippen molar-refractivity contribution in [1.82, 2.24) is 4.90 Å². The van der Waals surface area contributed by atoms with Crippen LogP contribution in [0.15, 0.2) is 64.4 Å². The average Bonchev–Trinajstić information content (AvgIpc) is 2.73. The molecule has 0 aliphatic carbocycles. The highest BCUT2D eigenvalue weighted by Crippen LogP contribution is 2.28. The van der Waals surface area contributed by atoms with Crippen LogP contribution < -0.4 is 4.90 Å². The van der Waals surface area contributed by atoms with E-state index in [1.807, 2.05) is 37.4 Å². The lowest BCUT2D eigenvalue weighted by Crippen LogP contribution is -2.38. The molecule has 2 rings (SSSR count). The average molecular weight is 437 g/mol. The van der Waals surface area contributed by atoms with Gasteiger partial charge in [0.2, 0.25) is 5.91 Å². The van der Waals surface area contributed by atoms with Gasteiger partial charge in [-0.3, -0.25) is 9.69 Å². The molecule has 4 N–H and O–H groups in total. The number of carbonyl (C=O) groups excluding carboxylic acids is 1. The van der Waals surface area contributed by atoms with Gasteiger partial charge in [0.05, 0.1) is 6.54 Å². The molecule has 0 aliphatic rings. The van der Waals surface area contributed by atoms with Crippen molar-refractivity contribution in [3.8, 4) is 0 Å². The second-order valence-corrected chi connectivity index (χ2v) is 7.08. The maximum atomic E-state index is 12.3. The van der Waals surface area contributed by atoms with Crippen LogP contribution in [0.1, 0.15) is 13.8 Å². The van der Waals surface area contributed by atoms with E-state index < -0.39 is 11.9 Å². The molecular weight excluding hydrogens is 408 g/mol. The van der Waals surface area contributed by atoms with Crippen LogP contribution in [0.5, 0.6) is 0 Å². The summed E-state index contributed by atoms with van der Waals surface area (Å²) in [6.07, 6.45) is 0. The molecule has 8 nitrogen and oxygen atoms in total. The number of amides is 1. The van der Waals surface area contributed by atoms with Crippen molar-refractivity contribution in [1.29, 1.82) is 0 Å². The third kappa shape index (κ3) is 9.55. The van der Waals surface area contributed by atoms with Crippen molar-refractivity contribution in [3.63, 3.8) is 0 Å². The zero-order chi connectivity index (χ0) is 21.8. The van der Waals surface area contributed by atoms with Crippen molar-refractivity contribution < 1.29 is 30.1 Å². The standard InChI is InChI=1S/C19H24N2OS.C2H2O4.H2O/c1-4-21(5-2)15-19(22)20(3)16-11-13-18(14-12-16)23-17-9-7-6-8-10-17;3-1(4)2(5)6;/h6-14H,4-5,15H2,1-3H3;(H,3,4)(H,5,6);1H2. The third-order valence-electron chi connectivity index (χ3n) is 4.01. The summed E-state index contributed by atoms with van der Waals surface area (Å²) < 4.78 is 0. The van der Waals surface area contributed by atoms with Crippen molar-refractivity contribution in [2.75, 3.05) is 31.6 Å². The summed E-state index contributed by atoms with van der Waals surface area (Å²) in [7, 11) is 1.84. The molecule has 2 aromatic rings. The van der Waals surface area contributed by atoms with Crippen LogP contribution in [0.4, 0.5) is 5.69 Å². The first kappa shape index (κ1) is 27.1. The maximum absolute atomic E-state index is 12.3. The molecule has 0 aliphatic heterocycles. The van der Waals surface area contributed by atoms with Gasteiger partial charge in [-0.05, 0) is 49.5 Å². The molecule has 1 amide bonds. The summed E-state index contributed by atoms with van der Waals surface area (Å²) in [6.45, 7) is 6.40. The molecule has 0 bridgehead atoms. The van der Waals surface area contributed by atoms with Crippen molar-refractivity contribution in [2.24, 2.45) is 0 Å². The Kier molecular flexibility index (Phi) is 12.8. The molecule has 30 heavy (non-hydrogen) atoms. The summed E-state index contributed by atoms with van der Waals surface area (Å²) in [5.74, 6) is -3.53. The molecule has 0 aromatic heterocycles. The summed E-state index contributed by atoms with van der Waals surface area (Å²) in [6, 6.07) is 18.4. The number of carboxylic acid groups (broad SMARTS) is 2. The molecule has 0 saturated carbocycles. The third-order valence-corrected chi connectivity index (χ3v) is 5.03. The van der Waals surface area contributed by atoms with Gasteiger partial charge in [0.1, 0.15) is 0 Å². The van der Waals surface area contributed by atoms with E-state index in [1.165, 1.54) is 9.79 Å². The Balaban J connectivity index is 0.00000105. The lowest BCUT2D eigenvalue weighted by molar-refractivity contribution is -0.159. The van der Waals surface area contributed by atoms with Crippen molar-refractivity contribution in [3.05, 3.63) is 54.6 Å². The molecule has 0 heterocycles. The first-order valence-corrected chi connectivity index (χ1v) is 9.88. The Labute approximate surface area is 180 Å². The Hall–Kier alpha value is -2.88. The van der Waals surface area contributed by atoms with Crippen LogP contribution in [-0.4, -0.2) is 65.1 Å². The minimum absolute atomic E-state index is 0. The molecule has 0 radical (unpaired) electrons. The topological polar surface area (TPSA) is 130 Å². The number of nitrogens with zero attached hydrogens (tertiary/aromatic N) is 2. The number of hydrogen-bond donors (Lipinski definition) is 2. The quantitative estimate of drug-likeness (QED) is 0.638. The van der Waals surface area contributed by atoms with Crippen LogP contribution >= 0.6 is 11.8 Å². The lowest BCUT2D eigenvalue weighted by Gasteiger charge is -2.23. The molecule has 0 atom stereocenters. The summed E-state index contributed by atoms with van der Waals surface area (Å²) in [5, 5.41) is 14.8. The van der Waals surface area contributed by atoms with Gasteiger partial charge in [-0.25, -0.2) is 9.59 Å². The van der Waals surface area contributed by atoms with Gasteiger partial charge in [0.25, 0.3) is 0 Å². The number of likely N-dealkylation sites (N-methyl/N-ethyl adjacent to an activating group) is 2. The van der Waals surface area contributed by atoms with Gasteiger partial charge in [-0.15, -0.1) is 0 Å². The molecule has 0 unspecified atom stereocenters. The minimum atomic E-state index is -1.82. The van der Waals surface area contributed by atoms with E-state index in [4.69, 9.17) is 19.8 Å². The van der Waals surface area contributed by atoms with E-state index in [0.29, 0.717) is 6.54 Å². The van der Waals surface area contributed by atoms with E-state index >= 15 is 0 Å². The molecule has 0 spiro atoms. The highest BCUT2D eigenvalue weighted by Gasteiger charge is 2.13. The Bertz CT molecular complexity index is 783. The lowest BCUT2D eigenvalue weighted by atomic mass is 10.3. The number of carbonyl (C=O) groups is 3. The summed E-state index contributed by atoms with van der Waals surface area (Å²) in [4.78, 5) is 36.8. The van der Waals surface area contributed by atoms with Crippen LogP contribution in [0.2, 0.25) is 0 Å². The Morgan fingerprint density at radius 2 is 1.30 bits per heavy atom. The van der Waals surface area contributed by atoms with Gasteiger partial charge in [0.15, 0.2) is 0 Å². The van der Waals surface area contributed by atoms with E-state index in [-0.39, 0.29) is 11.4 Å². The fraction of sp³-hybridized carbons (Fsp3) is 0.286. The fourth-order valence-corrected chi connectivity index (χ4v) is 3.09. The molecule has 0 fully saturated rings. The first-order valence-electron chi connectivity index (χ1n) is 9.06. The van der Waals surface area contributed by atoms with Gasteiger partial charge in [-0.1, -0.05) is 43.8 Å². The maximum Gasteiger partial charge on any atom is 0.414 e. The van der Waals surface area contributed by atoms with E-state index in [9.17, 15) is 4.79 Å². The number of carboxylic acids is 2. The van der Waals surface area contributed by atoms with Crippen LogP contribution in [0, 0.1) is 0 Å². The second-order valence-electron chi connectivity index (χ2n) is 5.93.